The highest BCUT2D eigenvalue weighted by Gasteiger charge is 2.07. The fourth-order valence-electron chi connectivity index (χ4n) is 1.59. The zero-order valence-electron chi connectivity index (χ0n) is 8.82. The Bertz CT molecular complexity index is 629. The molecule has 17 heavy (non-hydrogen) atoms. The zero-order valence-corrected chi connectivity index (χ0v) is 9.63. The van der Waals surface area contributed by atoms with E-state index in [1.165, 1.54) is 11.3 Å². The van der Waals surface area contributed by atoms with Gasteiger partial charge < -0.3 is 5.73 Å². The molecule has 0 unspecified atom stereocenters. The second-order valence-electron chi connectivity index (χ2n) is 3.48. The number of benzene rings is 1. The van der Waals surface area contributed by atoms with Gasteiger partial charge in [-0.15, -0.1) is 10.2 Å². The van der Waals surface area contributed by atoms with E-state index in [2.05, 4.69) is 15.3 Å². The van der Waals surface area contributed by atoms with Crippen molar-refractivity contribution in [1.82, 2.24) is 20.0 Å². The first-order valence-corrected chi connectivity index (χ1v) is 5.88. The van der Waals surface area contributed by atoms with Crippen LogP contribution in [0.25, 0.3) is 16.3 Å². The van der Waals surface area contributed by atoms with Crippen LogP contribution in [0.15, 0.2) is 42.2 Å². The summed E-state index contributed by atoms with van der Waals surface area (Å²) in [6, 6.07) is 7.70. The Kier molecular flexibility index (Phi) is 2.34. The molecule has 3 aromatic rings. The second kappa shape index (κ2) is 3.99. The van der Waals surface area contributed by atoms with Gasteiger partial charge in [0.15, 0.2) is 0 Å². The van der Waals surface area contributed by atoms with Gasteiger partial charge in [-0.2, -0.15) is 5.10 Å². The lowest BCUT2D eigenvalue weighted by Gasteiger charge is -2.00. The summed E-state index contributed by atoms with van der Waals surface area (Å²) < 4.78 is 1.69. The smallest absolute Gasteiger partial charge is 0.232 e. The number of aromatic nitrogens is 4. The normalized spacial score (nSPS) is 10.6. The van der Waals surface area contributed by atoms with Gasteiger partial charge in [-0.25, -0.2) is 4.68 Å². The predicted octanol–water partition coefficient (Wildman–Crippen LogP) is 1.97. The second-order valence-corrected chi connectivity index (χ2v) is 4.29. The van der Waals surface area contributed by atoms with Crippen LogP contribution in [0.1, 0.15) is 0 Å². The van der Waals surface area contributed by atoms with Crippen molar-refractivity contribution in [2.45, 2.75) is 0 Å². The maximum absolute atomic E-state index is 5.92. The van der Waals surface area contributed by atoms with Gasteiger partial charge in [-0.1, -0.05) is 29.5 Å². The highest BCUT2D eigenvalue weighted by atomic mass is 32.1. The molecule has 0 amide bonds. The Hall–Kier alpha value is -2.21. The maximum atomic E-state index is 5.92. The molecule has 6 heteroatoms. The summed E-state index contributed by atoms with van der Waals surface area (Å²) >= 11 is 1.44. The van der Waals surface area contributed by atoms with Crippen LogP contribution in [-0.4, -0.2) is 20.0 Å². The Morgan fingerprint density at radius 1 is 1.24 bits per heavy atom. The quantitative estimate of drug-likeness (QED) is 0.699. The number of hydrogen-bond acceptors (Lipinski definition) is 5. The molecule has 2 heterocycles. The lowest BCUT2D eigenvalue weighted by atomic mass is 10.1. The summed E-state index contributed by atoms with van der Waals surface area (Å²) in [5, 5.41) is 12.7. The van der Waals surface area contributed by atoms with E-state index >= 15 is 0 Å². The molecule has 1 aromatic carbocycles. The van der Waals surface area contributed by atoms with Crippen molar-refractivity contribution < 1.29 is 0 Å². The number of anilines is 1. The van der Waals surface area contributed by atoms with E-state index in [9.17, 15) is 0 Å². The summed E-state index contributed by atoms with van der Waals surface area (Å²) in [7, 11) is 0. The SMILES string of the molecule is Nc1ccccc1-c1cnn(-c2nncs2)c1. The van der Waals surface area contributed by atoms with Gasteiger partial charge >= 0.3 is 0 Å². The fraction of sp³-hybridized carbons (Fsp3) is 0. The van der Waals surface area contributed by atoms with Crippen molar-refractivity contribution in [3.8, 4) is 16.3 Å². The largest absolute Gasteiger partial charge is 0.398 e. The van der Waals surface area contributed by atoms with Crippen LogP contribution in [0.4, 0.5) is 5.69 Å². The molecule has 0 aliphatic rings. The molecule has 2 N–H and O–H groups in total. The molecule has 0 atom stereocenters. The monoisotopic (exact) mass is 243 g/mol. The van der Waals surface area contributed by atoms with Crippen LogP contribution < -0.4 is 5.73 Å². The molecule has 0 aliphatic heterocycles. The Morgan fingerprint density at radius 3 is 2.88 bits per heavy atom. The fourth-order valence-corrected chi connectivity index (χ4v) is 2.08. The van der Waals surface area contributed by atoms with Crippen molar-refractivity contribution in [1.29, 1.82) is 0 Å². The van der Waals surface area contributed by atoms with Crippen molar-refractivity contribution in [2.24, 2.45) is 0 Å². The lowest BCUT2D eigenvalue weighted by Crippen LogP contribution is -1.92. The summed E-state index contributed by atoms with van der Waals surface area (Å²) in [6.07, 6.45) is 3.67. The molecule has 5 nitrogen and oxygen atoms in total. The molecule has 0 fully saturated rings. The number of hydrogen-bond donors (Lipinski definition) is 1. The summed E-state index contributed by atoms with van der Waals surface area (Å²) in [4.78, 5) is 0. The van der Waals surface area contributed by atoms with Gasteiger partial charge in [-0.05, 0) is 6.07 Å². The average molecular weight is 243 g/mol. The minimum Gasteiger partial charge on any atom is -0.398 e. The molecule has 0 saturated heterocycles. The van der Waals surface area contributed by atoms with Crippen molar-refractivity contribution in [2.75, 3.05) is 5.73 Å². The molecule has 84 valence electrons. The van der Waals surface area contributed by atoms with E-state index in [-0.39, 0.29) is 0 Å². The third-order valence-corrected chi connectivity index (χ3v) is 3.08. The lowest BCUT2D eigenvalue weighted by molar-refractivity contribution is 0.846. The van der Waals surface area contributed by atoms with E-state index in [0.717, 1.165) is 21.9 Å². The van der Waals surface area contributed by atoms with Gasteiger partial charge in [0.2, 0.25) is 5.13 Å². The molecule has 3 rings (SSSR count). The molecule has 0 spiro atoms. The Morgan fingerprint density at radius 2 is 2.12 bits per heavy atom. The molecular weight excluding hydrogens is 234 g/mol. The van der Waals surface area contributed by atoms with E-state index in [1.807, 2.05) is 30.5 Å². The zero-order chi connectivity index (χ0) is 11.7. The average Bonchev–Trinajstić information content (AvgIpc) is 3.00. The third-order valence-electron chi connectivity index (χ3n) is 2.40. The van der Waals surface area contributed by atoms with Crippen LogP contribution in [0.3, 0.4) is 0 Å². The molecule has 0 radical (unpaired) electrons. The molecular formula is C11H9N5S. The Labute approximate surface area is 102 Å². The first-order chi connectivity index (χ1) is 8.34. The van der Waals surface area contributed by atoms with Crippen molar-refractivity contribution >= 4 is 17.0 Å². The van der Waals surface area contributed by atoms with Gasteiger partial charge in [0.05, 0.1) is 6.20 Å². The van der Waals surface area contributed by atoms with Crippen LogP contribution in [-0.2, 0) is 0 Å². The van der Waals surface area contributed by atoms with Gasteiger partial charge in [0.25, 0.3) is 0 Å². The maximum Gasteiger partial charge on any atom is 0.232 e. The van der Waals surface area contributed by atoms with Gasteiger partial charge in [-0.3, -0.25) is 0 Å². The molecule has 0 bridgehead atoms. The van der Waals surface area contributed by atoms with E-state index in [0.29, 0.717) is 0 Å². The highest BCUT2D eigenvalue weighted by Crippen LogP contribution is 2.25. The number of nitrogen functional groups attached to an aromatic ring is 1. The van der Waals surface area contributed by atoms with Crippen LogP contribution >= 0.6 is 11.3 Å². The third kappa shape index (κ3) is 1.78. The number of nitrogens with zero attached hydrogens (tertiary/aromatic N) is 4. The first-order valence-electron chi connectivity index (χ1n) is 5.01. The van der Waals surface area contributed by atoms with Gasteiger partial charge in [0, 0.05) is 23.0 Å². The number of nitrogens with two attached hydrogens (primary N) is 1. The predicted molar refractivity (Wildman–Crippen MR) is 66.9 cm³/mol. The summed E-state index contributed by atoms with van der Waals surface area (Å²) in [5.74, 6) is 0. The van der Waals surface area contributed by atoms with Crippen LogP contribution in [0.5, 0.6) is 0 Å². The first kappa shape index (κ1) is 9.98. The van der Waals surface area contributed by atoms with E-state index in [1.54, 1.807) is 16.4 Å². The number of rotatable bonds is 2. The van der Waals surface area contributed by atoms with E-state index < -0.39 is 0 Å². The standard InChI is InChI=1S/C11H9N5S/c12-10-4-2-1-3-9(10)8-5-14-16(6-8)11-15-13-7-17-11/h1-7H,12H2. The van der Waals surface area contributed by atoms with E-state index in [4.69, 9.17) is 5.73 Å². The highest BCUT2D eigenvalue weighted by molar-refractivity contribution is 7.11. The summed E-state index contributed by atoms with van der Waals surface area (Å²) in [6.45, 7) is 0. The number of para-hydroxylation sites is 1. The Balaban J connectivity index is 2.04. The van der Waals surface area contributed by atoms with Crippen molar-refractivity contribution in [3.05, 3.63) is 42.2 Å². The van der Waals surface area contributed by atoms with Crippen molar-refractivity contribution in [3.63, 3.8) is 0 Å². The molecule has 0 saturated carbocycles. The topological polar surface area (TPSA) is 69.6 Å². The minimum absolute atomic E-state index is 0.740. The minimum atomic E-state index is 0.740. The van der Waals surface area contributed by atoms with Gasteiger partial charge in [0.1, 0.15) is 5.51 Å². The summed E-state index contributed by atoms with van der Waals surface area (Å²) in [5.41, 5.74) is 10.3. The van der Waals surface area contributed by atoms with Crippen LogP contribution in [0.2, 0.25) is 0 Å². The molecule has 0 aliphatic carbocycles. The van der Waals surface area contributed by atoms with Crippen LogP contribution in [0, 0.1) is 0 Å². The molecule has 2 aromatic heterocycles.